The monoisotopic (exact) mass is 448 g/mol. The maximum atomic E-state index is 13.8. The van der Waals surface area contributed by atoms with Crippen molar-refractivity contribution < 1.29 is 9.59 Å². The van der Waals surface area contributed by atoms with Crippen LogP contribution >= 0.6 is 11.5 Å². The molecule has 3 aromatic rings. The largest absolute Gasteiger partial charge is 0.351 e. The van der Waals surface area contributed by atoms with Crippen LogP contribution in [0, 0.1) is 13.8 Å². The summed E-state index contributed by atoms with van der Waals surface area (Å²) in [6.07, 6.45) is 5.38. The molecule has 1 heterocycles. The maximum absolute atomic E-state index is 13.8. The van der Waals surface area contributed by atoms with E-state index in [0.29, 0.717) is 5.69 Å². The van der Waals surface area contributed by atoms with Gasteiger partial charge in [-0.25, -0.2) is 0 Å². The van der Waals surface area contributed by atoms with Gasteiger partial charge in [0.15, 0.2) is 5.69 Å². The van der Waals surface area contributed by atoms with Crippen LogP contribution in [-0.4, -0.2) is 27.4 Å². The van der Waals surface area contributed by atoms with E-state index in [1.807, 2.05) is 62.4 Å². The molecule has 166 valence electrons. The SMILES string of the molecule is Cc1cccc(N(C(=O)c2csnn2)C(C(=O)NC2CCCCC2)c2ccccc2)c1C. The topological polar surface area (TPSA) is 75.2 Å². The van der Waals surface area contributed by atoms with Gasteiger partial charge < -0.3 is 5.32 Å². The minimum atomic E-state index is -0.812. The third kappa shape index (κ3) is 4.72. The van der Waals surface area contributed by atoms with Crippen LogP contribution in [0.2, 0.25) is 0 Å². The molecule has 1 aliphatic rings. The van der Waals surface area contributed by atoms with Gasteiger partial charge in [-0.2, -0.15) is 0 Å². The molecule has 1 aliphatic carbocycles. The number of aryl methyl sites for hydroxylation is 1. The maximum Gasteiger partial charge on any atom is 0.280 e. The molecule has 0 saturated heterocycles. The molecule has 32 heavy (non-hydrogen) atoms. The Morgan fingerprint density at radius 1 is 1.03 bits per heavy atom. The Bertz CT molecular complexity index is 1060. The average molecular weight is 449 g/mol. The van der Waals surface area contributed by atoms with Crippen LogP contribution in [0.3, 0.4) is 0 Å². The van der Waals surface area contributed by atoms with E-state index in [-0.39, 0.29) is 23.6 Å². The molecule has 0 spiro atoms. The first-order valence-corrected chi connectivity index (χ1v) is 11.9. The van der Waals surface area contributed by atoms with E-state index in [4.69, 9.17) is 0 Å². The van der Waals surface area contributed by atoms with Gasteiger partial charge in [0.25, 0.3) is 5.91 Å². The predicted molar refractivity (Wildman–Crippen MR) is 127 cm³/mol. The zero-order valence-corrected chi connectivity index (χ0v) is 19.3. The summed E-state index contributed by atoms with van der Waals surface area (Å²) < 4.78 is 3.87. The number of amides is 2. The Balaban J connectivity index is 1.81. The summed E-state index contributed by atoms with van der Waals surface area (Å²) >= 11 is 1.12. The normalized spacial score (nSPS) is 15.2. The van der Waals surface area contributed by atoms with Gasteiger partial charge in [-0.05, 0) is 61.0 Å². The third-order valence-corrected chi connectivity index (χ3v) is 6.71. The average Bonchev–Trinajstić information content (AvgIpc) is 3.35. The molecule has 1 atom stereocenters. The van der Waals surface area contributed by atoms with Crippen molar-refractivity contribution in [2.75, 3.05) is 4.90 Å². The standard InChI is InChI=1S/C25H28N4O2S/c1-17-10-9-15-22(18(17)2)29(25(31)21-16-32-28-27-21)23(19-11-5-3-6-12-19)24(30)26-20-13-7-4-8-14-20/h3,5-6,9-12,15-16,20,23H,4,7-8,13-14H2,1-2H3,(H,26,30). The van der Waals surface area contributed by atoms with E-state index in [1.54, 1.807) is 10.3 Å². The molecular weight excluding hydrogens is 420 g/mol. The highest BCUT2D eigenvalue weighted by Crippen LogP contribution is 2.33. The lowest BCUT2D eigenvalue weighted by atomic mass is 9.94. The molecule has 0 aliphatic heterocycles. The van der Waals surface area contributed by atoms with Crippen molar-refractivity contribution in [3.8, 4) is 0 Å². The van der Waals surface area contributed by atoms with Crippen molar-refractivity contribution in [3.05, 3.63) is 76.3 Å². The second kappa shape index (κ2) is 10.0. The van der Waals surface area contributed by atoms with Crippen LogP contribution in [0.25, 0.3) is 0 Å². The molecule has 4 rings (SSSR count). The van der Waals surface area contributed by atoms with Gasteiger partial charge in [0.2, 0.25) is 5.91 Å². The molecule has 1 fully saturated rings. The number of hydrogen-bond acceptors (Lipinski definition) is 5. The Morgan fingerprint density at radius 2 is 1.78 bits per heavy atom. The third-order valence-electron chi connectivity index (χ3n) is 6.21. The summed E-state index contributed by atoms with van der Waals surface area (Å²) in [5, 5.41) is 8.87. The summed E-state index contributed by atoms with van der Waals surface area (Å²) in [5.41, 5.74) is 3.71. The van der Waals surface area contributed by atoms with Gasteiger partial charge >= 0.3 is 0 Å². The highest BCUT2D eigenvalue weighted by molar-refractivity contribution is 7.03. The lowest BCUT2D eigenvalue weighted by Gasteiger charge is -2.34. The Kier molecular flexibility index (Phi) is 6.95. The number of carbonyl (C=O) groups is 2. The zero-order chi connectivity index (χ0) is 22.5. The number of nitrogens with zero attached hydrogens (tertiary/aromatic N) is 3. The number of anilines is 1. The van der Waals surface area contributed by atoms with E-state index in [1.165, 1.54) is 6.42 Å². The number of hydrogen-bond donors (Lipinski definition) is 1. The summed E-state index contributed by atoms with van der Waals surface area (Å²) in [7, 11) is 0. The second-order valence-electron chi connectivity index (χ2n) is 8.34. The van der Waals surface area contributed by atoms with E-state index in [2.05, 4.69) is 14.9 Å². The van der Waals surface area contributed by atoms with Gasteiger partial charge in [-0.15, -0.1) is 5.10 Å². The van der Waals surface area contributed by atoms with Crippen LogP contribution in [0.5, 0.6) is 0 Å². The molecule has 2 amide bonds. The molecule has 0 bridgehead atoms. The highest BCUT2D eigenvalue weighted by Gasteiger charge is 2.36. The van der Waals surface area contributed by atoms with Gasteiger partial charge in [-0.3, -0.25) is 14.5 Å². The Morgan fingerprint density at radius 3 is 2.47 bits per heavy atom. The lowest BCUT2D eigenvalue weighted by molar-refractivity contribution is -0.123. The van der Waals surface area contributed by atoms with Gasteiger partial charge in [-0.1, -0.05) is 66.2 Å². The first-order valence-electron chi connectivity index (χ1n) is 11.1. The molecule has 1 saturated carbocycles. The molecule has 1 unspecified atom stereocenters. The molecule has 0 radical (unpaired) electrons. The molecule has 6 nitrogen and oxygen atoms in total. The fraction of sp³-hybridized carbons (Fsp3) is 0.360. The van der Waals surface area contributed by atoms with Crippen molar-refractivity contribution in [3.63, 3.8) is 0 Å². The molecule has 1 aromatic heterocycles. The van der Waals surface area contributed by atoms with Crippen LogP contribution in [0.4, 0.5) is 5.69 Å². The first kappa shape index (κ1) is 22.1. The fourth-order valence-corrected chi connectivity index (χ4v) is 4.75. The van der Waals surface area contributed by atoms with E-state index < -0.39 is 6.04 Å². The highest BCUT2D eigenvalue weighted by atomic mass is 32.1. The number of nitrogens with one attached hydrogen (secondary N) is 1. The van der Waals surface area contributed by atoms with Crippen molar-refractivity contribution >= 4 is 29.0 Å². The Labute approximate surface area is 192 Å². The van der Waals surface area contributed by atoms with E-state index in [0.717, 1.165) is 53.9 Å². The second-order valence-corrected chi connectivity index (χ2v) is 8.95. The van der Waals surface area contributed by atoms with Gasteiger partial charge in [0.1, 0.15) is 6.04 Å². The van der Waals surface area contributed by atoms with Crippen LogP contribution in [-0.2, 0) is 4.79 Å². The van der Waals surface area contributed by atoms with Crippen molar-refractivity contribution in [2.24, 2.45) is 0 Å². The van der Waals surface area contributed by atoms with Crippen molar-refractivity contribution in [2.45, 2.75) is 58.0 Å². The van der Waals surface area contributed by atoms with Gasteiger partial charge in [0, 0.05) is 17.1 Å². The minimum absolute atomic E-state index is 0.138. The zero-order valence-electron chi connectivity index (χ0n) is 18.5. The molecular formula is C25H28N4O2S. The number of rotatable bonds is 6. The predicted octanol–water partition coefficient (Wildman–Crippen LogP) is 4.99. The lowest BCUT2D eigenvalue weighted by Crippen LogP contribution is -2.47. The van der Waals surface area contributed by atoms with Crippen molar-refractivity contribution in [1.82, 2.24) is 14.9 Å². The summed E-state index contributed by atoms with van der Waals surface area (Å²) in [6.45, 7) is 3.98. The van der Waals surface area contributed by atoms with Crippen molar-refractivity contribution in [1.29, 1.82) is 0 Å². The summed E-state index contributed by atoms with van der Waals surface area (Å²) in [6, 6.07) is 14.6. The summed E-state index contributed by atoms with van der Waals surface area (Å²) in [5.74, 6) is -0.499. The Hall–Kier alpha value is -3.06. The molecule has 1 N–H and O–H groups in total. The summed E-state index contributed by atoms with van der Waals surface area (Å²) in [4.78, 5) is 29.1. The molecule has 7 heteroatoms. The molecule has 2 aromatic carbocycles. The number of benzene rings is 2. The quantitative estimate of drug-likeness (QED) is 0.576. The van der Waals surface area contributed by atoms with Crippen LogP contribution in [0.1, 0.15) is 65.3 Å². The fourth-order valence-electron chi connectivity index (χ4n) is 4.32. The number of aromatic nitrogens is 2. The van der Waals surface area contributed by atoms with E-state index in [9.17, 15) is 9.59 Å². The number of carbonyl (C=O) groups excluding carboxylic acids is 2. The first-order chi connectivity index (χ1) is 15.6. The van der Waals surface area contributed by atoms with Crippen LogP contribution in [0.15, 0.2) is 53.9 Å². The van der Waals surface area contributed by atoms with Gasteiger partial charge in [0.05, 0.1) is 0 Å². The van der Waals surface area contributed by atoms with E-state index >= 15 is 0 Å². The smallest absolute Gasteiger partial charge is 0.280 e. The minimum Gasteiger partial charge on any atom is -0.351 e. The van der Waals surface area contributed by atoms with Crippen LogP contribution < -0.4 is 10.2 Å².